The lowest BCUT2D eigenvalue weighted by molar-refractivity contribution is -0.127. The number of aryl methyl sites for hydroxylation is 2. The van der Waals surface area contributed by atoms with E-state index in [9.17, 15) is 14.7 Å². The summed E-state index contributed by atoms with van der Waals surface area (Å²) < 4.78 is 0. The van der Waals surface area contributed by atoms with Crippen LogP contribution in [0.5, 0.6) is 0 Å². The molecule has 1 rings (SSSR count). The first-order chi connectivity index (χ1) is 10.8. The molecule has 0 aliphatic carbocycles. The van der Waals surface area contributed by atoms with Gasteiger partial charge in [-0.1, -0.05) is 5.11 Å². The van der Waals surface area contributed by atoms with Gasteiger partial charge in [0.2, 0.25) is 5.91 Å². The number of hydrogen-bond acceptors (Lipinski definition) is 6. The molecule has 1 aromatic heterocycles. The van der Waals surface area contributed by atoms with Crippen LogP contribution in [0.25, 0.3) is 10.4 Å². The minimum atomic E-state index is -0.851. The van der Waals surface area contributed by atoms with Crippen molar-refractivity contribution in [2.75, 3.05) is 6.54 Å². The van der Waals surface area contributed by atoms with E-state index in [1.807, 2.05) is 18.3 Å². The summed E-state index contributed by atoms with van der Waals surface area (Å²) in [5.41, 5.74) is 9.63. The van der Waals surface area contributed by atoms with Gasteiger partial charge in [0.15, 0.2) is 5.82 Å². The fraction of sp³-hybridized carbons (Fsp3) is 0.286. The first-order valence-electron chi connectivity index (χ1n) is 6.57. The molecule has 0 saturated heterocycles. The Hall–Kier alpha value is -3.19. The van der Waals surface area contributed by atoms with Crippen LogP contribution in [-0.4, -0.2) is 34.7 Å². The van der Waals surface area contributed by atoms with Crippen molar-refractivity contribution in [3.05, 3.63) is 45.2 Å². The number of allylic oxidation sites excluding steroid dienone is 1. The highest BCUT2D eigenvalue weighted by molar-refractivity contribution is 6.17. The lowest BCUT2D eigenvalue weighted by atomic mass is 10.2. The largest absolute Gasteiger partial charge is 0.512 e. The molecule has 0 aliphatic heterocycles. The van der Waals surface area contributed by atoms with Gasteiger partial charge in [0, 0.05) is 16.8 Å². The van der Waals surface area contributed by atoms with Gasteiger partial charge in [0.05, 0.1) is 5.57 Å². The van der Waals surface area contributed by atoms with Crippen LogP contribution >= 0.6 is 0 Å². The van der Waals surface area contributed by atoms with Gasteiger partial charge >= 0.3 is 0 Å². The van der Waals surface area contributed by atoms with Crippen molar-refractivity contribution in [3.63, 3.8) is 0 Å². The monoisotopic (exact) mass is 316 g/mol. The molecule has 0 unspecified atom stereocenters. The smallest absolute Gasteiger partial charge is 0.262 e. The first kappa shape index (κ1) is 17.9. The molecular weight excluding hydrogens is 300 g/mol. The second-order valence-corrected chi connectivity index (χ2v) is 4.67. The van der Waals surface area contributed by atoms with Crippen LogP contribution in [0, 0.1) is 13.8 Å². The summed E-state index contributed by atoms with van der Waals surface area (Å²) in [4.78, 5) is 33.9. The molecule has 9 heteroatoms. The quantitative estimate of drug-likeness (QED) is 0.214. The van der Waals surface area contributed by atoms with Gasteiger partial charge in [0.25, 0.3) is 5.91 Å². The molecule has 0 spiro atoms. The number of carbonyl (C=O) groups excluding carboxylic acids is 2. The van der Waals surface area contributed by atoms with Crippen molar-refractivity contribution < 1.29 is 14.7 Å². The van der Waals surface area contributed by atoms with Gasteiger partial charge in [-0.15, -0.1) is 0 Å². The fourth-order valence-corrected chi connectivity index (χ4v) is 1.66. The lowest BCUT2D eigenvalue weighted by Crippen LogP contribution is -2.34. The minimum absolute atomic E-state index is 0.194. The van der Waals surface area contributed by atoms with Gasteiger partial charge in [0.1, 0.15) is 12.3 Å². The molecular formula is C14H16N6O3. The topological polar surface area (TPSA) is 140 Å². The van der Waals surface area contributed by atoms with Crippen molar-refractivity contribution in [1.29, 1.82) is 0 Å². The number of imide groups is 1. The molecule has 0 bridgehead atoms. The summed E-state index contributed by atoms with van der Waals surface area (Å²) >= 11 is 0. The van der Waals surface area contributed by atoms with Crippen molar-refractivity contribution in [3.8, 4) is 0 Å². The highest BCUT2D eigenvalue weighted by atomic mass is 16.3. The molecule has 0 fully saturated rings. The maximum absolute atomic E-state index is 11.9. The maximum Gasteiger partial charge on any atom is 0.262 e. The van der Waals surface area contributed by atoms with Crippen molar-refractivity contribution >= 4 is 23.8 Å². The molecule has 120 valence electrons. The van der Waals surface area contributed by atoms with E-state index in [1.165, 1.54) is 6.92 Å². The van der Waals surface area contributed by atoms with Crippen LogP contribution in [0.3, 0.4) is 0 Å². The minimum Gasteiger partial charge on any atom is -0.512 e. The molecule has 23 heavy (non-hydrogen) atoms. The number of amides is 2. The highest BCUT2D eigenvalue weighted by Crippen LogP contribution is 2.12. The summed E-state index contributed by atoms with van der Waals surface area (Å²) in [6.07, 6.45) is 1.12. The number of aromatic nitrogens is 1. The average Bonchev–Trinajstić information content (AvgIpc) is 2.43. The van der Waals surface area contributed by atoms with Gasteiger partial charge in [-0.25, -0.2) is 9.98 Å². The molecule has 1 heterocycles. The third-order valence-electron chi connectivity index (χ3n) is 2.58. The summed E-state index contributed by atoms with van der Waals surface area (Å²) in [7, 11) is 0. The Morgan fingerprint density at radius 3 is 2.70 bits per heavy atom. The Balaban J connectivity index is 2.93. The zero-order valence-corrected chi connectivity index (χ0v) is 12.9. The van der Waals surface area contributed by atoms with Crippen molar-refractivity contribution in [1.82, 2.24) is 10.3 Å². The molecule has 2 amide bonds. The van der Waals surface area contributed by atoms with Crippen molar-refractivity contribution in [2.24, 2.45) is 10.1 Å². The summed E-state index contributed by atoms with van der Waals surface area (Å²) in [5, 5.41) is 14.6. The van der Waals surface area contributed by atoms with Gasteiger partial charge in [-0.2, -0.15) is 0 Å². The summed E-state index contributed by atoms with van der Waals surface area (Å²) in [6.45, 7) is 4.45. The third-order valence-corrected chi connectivity index (χ3v) is 2.58. The number of azide groups is 1. The van der Waals surface area contributed by atoms with Crippen LogP contribution in [0.4, 0.5) is 5.82 Å². The van der Waals surface area contributed by atoms with Crippen LogP contribution in [-0.2, 0) is 9.59 Å². The number of pyridine rings is 1. The van der Waals surface area contributed by atoms with Crippen LogP contribution in [0.2, 0.25) is 0 Å². The van der Waals surface area contributed by atoms with E-state index in [0.717, 1.165) is 17.5 Å². The highest BCUT2D eigenvalue weighted by Gasteiger charge is 2.14. The zero-order valence-electron chi connectivity index (χ0n) is 12.9. The second kappa shape index (κ2) is 8.30. The normalized spacial score (nSPS) is 11.6. The van der Waals surface area contributed by atoms with Crippen LogP contribution in [0.1, 0.15) is 18.2 Å². The number of nitrogens with zero attached hydrogens (tertiary/aromatic N) is 5. The van der Waals surface area contributed by atoms with E-state index >= 15 is 0 Å². The number of rotatable bonds is 5. The van der Waals surface area contributed by atoms with Gasteiger partial charge in [-0.05, 0) is 44.0 Å². The Morgan fingerprint density at radius 2 is 2.13 bits per heavy atom. The lowest BCUT2D eigenvalue weighted by Gasteiger charge is -2.04. The Labute approximate surface area is 132 Å². The Morgan fingerprint density at radius 1 is 1.43 bits per heavy atom. The summed E-state index contributed by atoms with van der Waals surface area (Å²) in [6, 6.07) is 3.58. The van der Waals surface area contributed by atoms with E-state index in [4.69, 9.17) is 5.53 Å². The van der Waals surface area contributed by atoms with Gasteiger partial charge < -0.3 is 5.11 Å². The number of aliphatic hydroxyl groups is 1. The number of aliphatic imine (C=N–C) groups is 1. The average molecular weight is 316 g/mol. The third kappa shape index (κ3) is 5.98. The standard InChI is InChI=1S/C14H16N6O3/c1-8-4-9(2)18-12(5-8)16-6-11(10(3)21)14(23)19-13(22)7-17-20-15/h4-6,21H,7H2,1-3H3,(H,19,22,23)/b11-10-,16-6+. The maximum atomic E-state index is 11.9. The SMILES string of the molecule is C/C(O)=C(\C=N\c1cc(C)cc(C)n1)C(=O)NC(=O)CN=[N+]=[N-]. The molecule has 0 saturated carbocycles. The zero-order chi connectivity index (χ0) is 17.4. The molecule has 2 N–H and O–H groups in total. The molecule has 9 nitrogen and oxygen atoms in total. The molecule has 0 atom stereocenters. The predicted octanol–water partition coefficient (Wildman–Crippen LogP) is 2.19. The van der Waals surface area contributed by atoms with E-state index in [0.29, 0.717) is 5.82 Å². The van der Waals surface area contributed by atoms with E-state index in [2.05, 4.69) is 20.0 Å². The molecule has 0 aliphatic rings. The van der Waals surface area contributed by atoms with Crippen LogP contribution < -0.4 is 5.32 Å². The number of aliphatic hydroxyl groups excluding tert-OH is 1. The number of carbonyl (C=O) groups is 2. The molecule has 0 radical (unpaired) electrons. The van der Waals surface area contributed by atoms with E-state index in [-0.39, 0.29) is 11.3 Å². The number of hydrogen-bond donors (Lipinski definition) is 2. The Kier molecular flexibility index (Phi) is 6.45. The number of nitrogens with one attached hydrogen (secondary N) is 1. The van der Waals surface area contributed by atoms with Gasteiger partial charge in [-0.3, -0.25) is 14.9 Å². The second-order valence-electron chi connectivity index (χ2n) is 4.67. The van der Waals surface area contributed by atoms with E-state index in [1.54, 1.807) is 13.0 Å². The predicted molar refractivity (Wildman–Crippen MR) is 84.4 cm³/mol. The van der Waals surface area contributed by atoms with E-state index < -0.39 is 18.4 Å². The van der Waals surface area contributed by atoms with Crippen LogP contribution in [0.15, 0.2) is 33.6 Å². The Bertz CT molecular complexity index is 708. The molecule has 0 aromatic carbocycles. The fourth-order valence-electron chi connectivity index (χ4n) is 1.66. The summed E-state index contributed by atoms with van der Waals surface area (Å²) in [5.74, 6) is -1.58. The van der Waals surface area contributed by atoms with Crippen molar-refractivity contribution in [2.45, 2.75) is 20.8 Å². The first-order valence-corrected chi connectivity index (χ1v) is 6.57. The molecule has 1 aromatic rings.